The normalized spacial score (nSPS) is 18.3. The van der Waals surface area contributed by atoms with Gasteiger partial charge in [0.15, 0.2) is 0 Å². The Morgan fingerprint density at radius 2 is 2.44 bits per heavy atom. The summed E-state index contributed by atoms with van der Waals surface area (Å²) in [6.07, 6.45) is 1.13. The third-order valence-corrected chi connectivity index (χ3v) is 2.78. The zero-order valence-electron chi connectivity index (χ0n) is 10.4. The van der Waals surface area contributed by atoms with Crippen LogP contribution in [0.5, 0.6) is 0 Å². The van der Waals surface area contributed by atoms with Crippen molar-refractivity contribution in [2.24, 2.45) is 0 Å². The summed E-state index contributed by atoms with van der Waals surface area (Å²) in [5.74, 6) is -0.350. The van der Waals surface area contributed by atoms with E-state index in [0.29, 0.717) is 25.4 Å². The monoisotopic (exact) mass is 252 g/mol. The number of esters is 1. The SMILES string of the molecule is CCOC(=O)c1c(C)ccn1CC1CNC(=O)O1. The number of aryl methyl sites for hydroxylation is 1. The lowest BCUT2D eigenvalue weighted by Gasteiger charge is -2.12. The quantitative estimate of drug-likeness (QED) is 0.814. The Morgan fingerprint density at radius 3 is 3.06 bits per heavy atom. The van der Waals surface area contributed by atoms with Crippen LogP contribution in [0.15, 0.2) is 12.3 Å². The van der Waals surface area contributed by atoms with Crippen LogP contribution in [0.1, 0.15) is 23.0 Å². The van der Waals surface area contributed by atoms with E-state index in [4.69, 9.17) is 9.47 Å². The highest BCUT2D eigenvalue weighted by Crippen LogP contribution is 2.14. The Kier molecular flexibility index (Phi) is 3.55. The number of amides is 1. The summed E-state index contributed by atoms with van der Waals surface area (Å²) in [7, 11) is 0. The van der Waals surface area contributed by atoms with Crippen molar-refractivity contribution in [2.45, 2.75) is 26.5 Å². The molecule has 0 aromatic carbocycles. The van der Waals surface area contributed by atoms with Gasteiger partial charge in [0.1, 0.15) is 11.8 Å². The van der Waals surface area contributed by atoms with Crippen molar-refractivity contribution in [1.82, 2.24) is 9.88 Å². The highest BCUT2D eigenvalue weighted by molar-refractivity contribution is 5.89. The molecule has 1 aliphatic heterocycles. The Labute approximate surface area is 105 Å². The molecule has 6 heteroatoms. The van der Waals surface area contributed by atoms with Crippen molar-refractivity contribution in [3.8, 4) is 0 Å². The molecule has 1 amide bonds. The number of nitrogens with one attached hydrogen (secondary N) is 1. The van der Waals surface area contributed by atoms with Gasteiger partial charge in [-0.1, -0.05) is 0 Å². The van der Waals surface area contributed by atoms with Crippen LogP contribution in [-0.2, 0) is 16.0 Å². The van der Waals surface area contributed by atoms with Crippen molar-refractivity contribution in [2.75, 3.05) is 13.2 Å². The van der Waals surface area contributed by atoms with E-state index in [9.17, 15) is 9.59 Å². The molecule has 98 valence electrons. The van der Waals surface area contributed by atoms with Crippen LogP contribution in [0.2, 0.25) is 0 Å². The van der Waals surface area contributed by atoms with E-state index >= 15 is 0 Å². The average molecular weight is 252 g/mol. The molecule has 18 heavy (non-hydrogen) atoms. The van der Waals surface area contributed by atoms with Gasteiger partial charge < -0.3 is 19.4 Å². The number of carbonyl (C=O) groups excluding carboxylic acids is 2. The summed E-state index contributed by atoms with van der Waals surface area (Å²) in [6, 6.07) is 1.84. The number of ether oxygens (including phenoxy) is 2. The Hall–Kier alpha value is -1.98. The number of alkyl carbamates (subject to hydrolysis) is 1. The largest absolute Gasteiger partial charge is 0.461 e. The number of hydrogen-bond acceptors (Lipinski definition) is 4. The second kappa shape index (κ2) is 5.12. The number of nitrogens with zero attached hydrogens (tertiary/aromatic N) is 1. The van der Waals surface area contributed by atoms with Gasteiger partial charge in [-0.15, -0.1) is 0 Å². The summed E-state index contributed by atoms with van der Waals surface area (Å²) in [5, 5.41) is 2.58. The highest BCUT2D eigenvalue weighted by atomic mass is 16.6. The van der Waals surface area contributed by atoms with Crippen molar-refractivity contribution in [1.29, 1.82) is 0 Å². The van der Waals surface area contributed by atoms with Crippen LogP contribution < -0.4 is 5.32 Å². The lowest BCUT2D eigenvalue weighted by molar-refractivity contribution is 0.0509. The Balaban J connectivity index is 2.13. The van der Waals surface area contributed by atoms with Crippen molar-refractivity contribution < 1.29 is 19.1 Å². The van der Waals surface area contributed by atoms with Gasteiger partial charge in [0.25, 0.3) is 0 Å². The summed E-state index contributed by atoms with van der Waals surface area (Å²) < 4.78 is 11.8. The molecule has 2 rings (SSSR count). The maximum absolute atomic E-state index is 11.8. The molecule has 6 nitrogen and oxygen atoms in total. The van der Waals surface area contributed by atoms with Crippen LogP contribution in [0, 0.1) is 6.92 Å². The Bertz CT molecular complexity index is 467. The second-order valence-electron chi connectivity index (χ2n) is 4.13. The molecule has 1 aromatic heterocycles. The number of carbonyl (C=O) groups is 2. The third kappa shape index (κ3) is 2.47. The van der Waals surface area contributed by atoms with E-state index in [1.807, 2.05) is 13.0 Å². The summed E-state index contributed by atoms with van der Waals surface area (Å²) in [4.78, 5) is 22.8. The predicted molar refractivity (Wildman–Crippen MR) is 63.4 cm³/mol. The molecule has 1 atom stereocenters. The lowest BCUT2D eigenvalue weighted by atomic mass is 10.2. The van der Waals surface area contributed by atoms with Gasteiger partial charge >= 0.3 is 12.1 Å². The van der Waals surface area contributed by atoms with Crippen LogP contribution in [-0.4, -0.2) is 35.9 Å². The van der Waals surface area contributed by atoms with E-state index in [1.54, 1.807) is 17.7 Å². The first-order valence-electron chi connectivity index (χ1n) is 5.89. The molecule has 1 aromatic rings. The zero-order valence-corrected chi connectivity index (χ0v) is 10.4. The molecule has 0 aliphatic carbocycles. The number of aromatic nitrogens is 1. The average Bonchev–Trinajstić information content (AvgIpc) is 2.87. The number of cyclic esters (lactones) is 1. The maximum atomic E-state index is 11.8. The van der Waals surface area contributed by atoms with E-state index in [-0.39, 0.29) is 12.1 Å². The fourth-order valence-corrected chi connectivity index (χ4v) is 1.96. The van der Waals surface area contributed by atoms with Crippen LogP contribution in [0.4, 0.5) is 4.79 Å². The maximum Gasteiger partial charge on any atom is 0.407 e. The fourth-order valence-electron chi connectivity index (χ4n) is 1.96. The Morgan fingerprint density at radius 1 is 1.67 bits per heavy atom. The van der Waals surface area contributed by atoms with Gasteiger partial charge in [-0.05, 0) is 25.5 Å². The van der Waals surface area contributed by atoms with Gasteiger partial charge in [0, 0.05) is 6.20 Å². The topological polar surface area (TPSA) is 69.6 Å². The molecule has 1 fully saturated rings. The van der Waals surface area contributed by atoms with Crippen molar-refractivity contribution in [3.63, 3.8) is 0 Å². The van der Waals surface area contributed by atoms with Gasteiger partial charge in [-0.25, -0.2) is 9.59 Å². The molecule has 0 saturated carbocycles. The lowest BCUT2D eigenvalue weighted by Crippen LogP contribution is -2.23. The molecule has 1 aliphatic rings. The van der Waals surface area contributed by atoms with Gasteiger partial charge in [-0.2, -0.15) is 0 Å². The summed E-state index contributed by atoms with van der Waals surface area (Å²) in [6.45, 7) is 4.85. The first-order chi connectivity index (χ1) is 8.61. The van der Waals surface area contributed by atoms with Crippen molar-refractivity contribution >= 4 is 12.1 Å². The smallest absolute Gasteiger partial charge is 0.407 e. The number of rotatable bonds is 4. The summed E-state index contributed by atoms with van der Waals surface area (Å²) >= 11 is 0. The standard InChI is InChI=1S/C12H16N2O4/c1-3-17-11(15)10-8(2)4-5-14(10)7-9-6-13-12(16)18-9/h4-5,9H,3,6-7H2,1-2H3,(H,13,16). The predicted octanol–water partition coefficient (Wildman–Crippen LogP) is 1.08. The van der Waals surface area contributed by atoms with Gasteiger partial charge in [0.2, 0.25) is 0 Å². The first kappa shape index (κ1) is 12.5. The minimum Gasteiger partial charge on any atom is -0.461 e. The third-order valence-electron chi connectivity index (χ3n) is 2.78. The molecule has 0 spiro atoms. The molecular formula is C12H16N2O4. The second-order valence-corrected chi connectivity index (χ2v) is 4.13. The highest BCUT2D eigenvalue weighted by Gasteiger charge is 2.25. The van der Waals surface area contributed by atoms with Crippen LogP contribution in [0.25, 0.3) is 0 Å². The molecule has 0 bridgehead atoms. The van der Waals surface area contributed by atoms with Gasteiger partial charge in [-0.3, -0.25) is 0 Å². The molecule has 1 N–H and O–H groups in total. The summed E-state index contributed by atoms with van der Waals surface area (Å²) in [5.41, 5.74) is 1.37. The first-order valence-corrected chi connectivity index (χ1v) is 5.89. The van der Waals surface area contributed by atoms with Crippen LogP contribution >= 0.6 is 0 Å². The van der Waals surface area contributed by atoms with E-state index < -0.39 is 6.09 Å². The minimum atomic E-state index is -0.415. The fraction of sp³-hybridized carbons (Fsp3) is 0.500. The van der Waals surface area contributed by atoms with Crippen molar-refractivity contribution in [3.05, 3.63) is 23.5 Å². The molecule has 1 saturated heterocycles. The van der Waals surface area contributed by atoms with Gasteiger partial charge in [0.05, 0.1) is 19.7 Å². The number of hydrogen-bond donors (Lipinski definition) is 1. The minimum absolute atomic E-state index is 0.252. The molecule has 1 unspecified atom stereocenters. The van der Waals surface area contributed by atoms with Crippen LogP contribution in [0.3, 0.4) is 0 Å². The van der Waals surface area contributed by atoms with E-state index in [0.717, 1.165) is 5.56 Å². The van der Waals surface area contributed by atoms with E-state index in [1.165, 1.54) is 0 Å². The van der Waals surface area contributed by atoms with E-state index in [2.05, 4.69) is 5.32 Å². The molecular weight excluding hydrogens is 236 g/mol. The zero-order chi connectivity index (χ0) is 13.1. The molecule has 0 radical (unpaired) electrons. The molecule has 2 heterocycles.